The van der Waals surface area contributed by atoms with Crippen molar-refractivity contribution < 1.29 is 8.78 Å². The molecule has 0 aliphatic rings. The van der Waals surface area contributed by atoms with Gasteiger partial charge in [0.15, 0.2) is 0 Å². The van der Waals surface area contributed by atoms with E-state index in [9.17, 15) is 8.78 Å². The quantitative estimate of drug-likeness (QED) is 0.150. The van der Waals surface area contributed by atoms with Gasteiger partial charge in [0.05, 0.1) is 0 Å². The first-order chi connectivity index (χ1) is 12.6. The molecular formula is C23H47ClF2. The van der Waals surface area contributed by atoms with Gasteiger partial charge in [0.2, 0.25) is 0 Å². The molecule has 0 saturated heterocycles. The summed E-state index contributed by atoms with van der Waals surface area (Å²) in [6.07, 6.45) is 29.4. The van der Waals surface area contributed by atoms with Gasteiger partial charge in [0.25, 0.3) is 0 Å². The van der Waals surface area contributed by atoms with Crippen molar-refractivity contribution in [3.05, 3.63) is 0 Å². The average molecular weight is 397 g/mol. The topological polar surface area (TPSA) is 0 Å². The van der Waals surface area contributed by atoms with Crippen LogP contribution < -0.4 is 0 Å². The van der Waals surface area contributed by atoms with Crippen molar-refractivity contribution in [1.82, 2.24) is 0 Å². The van der Waals surface area contributed by atoms with Crippen LogP contribution in [0.3, 0.4) is 0 Å². The third kappa shape index (κ3) is 35.3. The first-order valence-electron chi connectivity index (χ1n) is 11.6. The van der Waals surface area contributed by atoms with Crippen molar-refractivity contribution in [2.75, 3.05) is 0 Å². The molecule has 0 rings (SSSR count). The van der Waals surface area contributed by atoms with E-state index < -0.39 is 5.88 Å². The molecule has 0 unspecified atom stereocenters. The second-order valence-electron chi connectivity index (χ2n) is 7.61. The maximum atomic E-state index is 10.1. The molecule has 0 bridgehead atoms. The molecule has 0 spiro atoms. The molecule has 0 heterocycles. The predicted octanol–water partition coefficient (Wildman–Crippen LogP) is 10.3. The van der Waals surface area contributed by atoms with Crippen LogP contribution in [-0.4, -0.2) is 5.88 Å². The Morgan fingerprint density at radius 1 is 0.423 bits per heavy atom. The van der Waals surface area contributed by atoms with Crippen molar-refractivity contribution in [1.29, 1.82) is 0 Å². The van der Waals surface area contributed by atoms with Gasteiger partial charge in [-0.1, -0.05) is 154 Å². The van der Waals surface area contributed by atoms with Crippen LogP contribution in [0.2, 0.25) is 0 Å². The average Bonchev–Trinajstić information content (AvgIpc) is 2.60. The highest BCUT2D eigenvalue weighted by Crippen LogP contribution is 2.14. The minimum Gasteiger partial charge on any atom is -0.192 e. The Labute approximate surface area is 168 Å². The SMILES string of the molecule is CCCCCCCCCCCCCCCCCCCCCC.FC(F)Cl. The molecule has 0 nitrogen and oxygen atoms in total. The van der Waals surface area contributed by atoms with Crippen molar-refractivity contribution in [3.8, 4) is 0 Å². The summed E-state index contributed by atoms with van der Waals surface area (Å²) >= 11 is 3.94. The fourth-order valence-electron chi connectivity index (χ4n) is 3.33. The highest BCUT2D eigenvalue weighted by molar-refractivity contribution is 6.18. The first kappa shape index (κ1) is 28.4. The Kier molecular flexibility index (Phi) is 29.9. The Morgan fingerprint density at radius 2 is 0.538 bits per heavy atom. The Balaban J connectivity index is 0. The monoisotopic (exact) mass is 396 g/mol. The fraction of sp³-hybridized carbons (Fsp3) is 1.00. The first-order valence-corrected chi connectivity index (χ1v) is 12.0. The van der Waals surface area contributed by atoms with E-state index in [1.807, 2.05) is 0 Å². The Bertz CT molecular complexity index is 199. The molecule has 0 aliphatic carbocycles. The number of hydrogen-bond acceptors (Lipinski definition) is 0. The van der Waals surface area contributed by atoms with Crippen LogP contribution in [0.15, 0.2) is 0 Å². The molecule has 3 heteroatoms. The zero-order chi connectivity index (χ0) is 19.7. The lowest BCUT2D eigenvalue weighted by Crippen LogP contribution is -1.84. The van der Waals surface area contributed by atoms with Crippen molar-refractivity contribution in [2.24, 2.45) is 0 Å². The van der Waals surface area contributed by atoms with Gasteiger partial charge in [-0.15, -0.1) is 0 Å². The molecule has 26 heavy (non-hydrogen) atoms. The van der Waals surface area contributed by atoms with E-state index in [0.717, 1.165) is 0 Å². The minimum atomic E-state index is -2.69. The molecule has 0 aromatic carbocycles. The molecule has 0 N–H and O–H groups in total. The summed E-state index contributed by atoms with van der Waals surface area (Å²) in [7, 11) is 0. The van der Waals surface area contributed by atoms with E-state index in [0.29, 0.717) is 0 Å². The van der Waals surface area contributed by atoms with Crippen LogP contribution in [-0.2, 0) is 0 Å². The summed E-state index contributed by atoms with van der Waals surface area (Å²) in [5, 5.41) is 0. The molecule has 0 aromatic rings. The van der Waals surface area contributed by atoms with Crippen LogP contribution in [0.4, 0.5) is 8.78 Å². The maximum Gasteiger partial charge on any atom is 0.312 e. The van der Waals surface area contributed by atoms with Crippen LogP contribution in [0.1, 0.15) is 142 Å². The van der Waals surface area contributed by atoms with Gasteiger partial charge in [-0.05, 0) is 0 Å². The normalized spacial score (nSPS) is 10.8. The van der Waals surface area contributed by atoms with Gasteiger partial charge in [-0.25, -0.2) is 0 Å². The summed E-state index contributed by atoms with van der Waals surface area (Å²) in [6.45, 7) is 4.60. The van der Waals surface area contributed by atoms with Crippen LogP contribution in [0.25, 0.3) is 0 Å². The predicted molar refractivity (Wildman–Crippen MR) is 116 cm³/mol. The Hall–Kier alpha value is 0.150. The standard InChI is InChI=1S/C22H46.CHClF2/c1-3-5-7-9-11-13-15-17-19-21-22-20-18-16-14-12-10-8-6-4-2;2-1(3)4/h3-22H2,1-2H3;1H. The number of hydrogen-bond donors (Lipinski definition) is 0. The zero-order valence-corrected chi connectivity index (χ0v) is 18.6. The Morgan fingerprint density at radius 3 is 0.654 bits per heavy atom. The van der Waals surface area contributed by atoms with Gasteiger partial charge >= 0.3 is 5.88 Å². The van der Waals surface area contributed by atoms with Crippen LogP contribution in [0, 0.1) is 0 Å². The van der Waals surface area contributed by atoms with E-state index in [-0.39, 0.29) is 0 Å². The van der Waals surface area contributed by atoms with Crippen molar-refractivity contribution in [3.63, 3.8) is 0 Å². The molecule has 0 fully saturated rings. The van der Waals surface area contributed by atoms with Gasteiger partial charge in [0, 0.05) is 0 Å². The second kappa shape index (κ2) is 27.4. The summed E-state index contributed by atoms with van der Waals surface area (Å²) in [5.41, 5.74) is 0. The lowest BCUT2D eigenvalue weighted by Gasteiger charge is -2.03. The highest BCUT2D eigenvalue weighted by Gasteiger charge is 1.94. The fourth-order valence-corrected chi connectivity index (χ4v) is 3.33. The van der Waals surface area contributed by atoms with Gasteiger partial charge < -0.3 is 0 Å². The van der Waals surface area contributed by atoms with Gasteiger partial charge in [-0.3, -0.25) is 0 Å². The smallest absolute Gasteiger partial charge is 0.192 e. The van der Waals surface area contributed by atoms with Gasteiger partial charge in [-0.2, -0.15) is 8.78 Å². The van der Waals surface area contributed by atoms with E-state index in [1.165, 1.54) is 128 Å². The summed E-state index contributed by atoms with van der Waals surface area (Å²) in [4.78, 5) is 0. The van der Waals surface area contributed by atoms with Crippen molar-refractivity contribution in [2.45, 2.75) is 148 Å². The third-order valence-corrected chi connectivity index (χ3v) is 4.96. The highest BCUT2D eigenvalue weighted by atomic mass is 35.5. The van der Waals surface area contributed by atoms with E-state index in [2.05, 4.69) is 25.4 Å². The third-order valence-electron chi connectivity index (χ3n) is 4.96. The molecule has 0 amide bonds. The summed E-state index contributed by atoms with van der Waals surface area (Å²) < 4.78 is 20.2. The molecule has 0 radical (unpaired) electrons. The maximum absolute atomic E-state index is 10.1. The number of alkyl halides is 3. The van der Waals surface area contributed by atoms with Crippen molar-refractivity contribution >= 4 is 11.6 Å². The molecule has 0 aliphatic heterocycles. The summed E-state index contributed by atoms with van der Waals surface area (Å²) in [6, 6.07) is 0. The number of unbranched alkanes of at least 4 members (excludes halogenated alkanes) is 19. The largest absolute Gasteiger partial charge is 0.312 e. The molecule has 0 saturated carbocycles. The molecule has 160 valence electrons. The second-order valence-corrected chi connectivity index (χ2v) is 7.94. The number of rotatable bonds is 19. The lowest BCUT2D eigenvalue weighted by atomic mass is 10.0. The minimum absolute atomic E-state index is 1.37. The zero-order valence-electron chi connectivity index (χ0n) is 17.9. The van der Waals surface area contributed by atoms with E-state index >= 15 is 0 Å². The van der Waals surface area contributed by atoms with Crippen LogP contribution >= 0.6 is 11.6 Å². The van der Waals surface area contributed by atoms with Gasteiger partial charge in [0.1, 0.15) is 0 Å². The molecular weight excluding hydrogens is 350 g/mol. The molecule has 0 atom stereocenters. The van der Waals surface area contributed by atoms with Crippen LogP contribution in [0.5, 0.6) is 0 Å². The van der Waals surface area contributed by atoms with E-state index in [4.69, 9.17) is 0 Å². The number of halogens is 3. The van der Waals surface area contributed by atoms with E-state index in [1.54, 1.807) is 0 Å². The lowest BCUT2D eigenvalue weighted by molar-refractivity contribution is 0.243. The molecule has 0 aromatic heterocycles. The summed E-state index contributed by atoms with van der Waals surface area (Å²) in [5.74, 6) is -2.69.